The number of carbonyl (C=O) groups is 1. The monoisotopic (exact) mass is 301 g/mol. The van der Waals surface area contributed by atoms with Crippen LogP contribution in [0, 0.1) is 12.7 Å². The van der Waals surface area contributed by atoms with E-state index in [9.17, 15) is 14.3 Å². The predicted octanol–water partition coefficient (Wildman–Crippen LogP) is 3.92. The van der Waals surface area contributed by atoms with E-state index in [-0.39, 0.29) is 24.2 Å². The number of hydrogen-bond acceptors (Lipinski definition) is 3. The average molecular weight is 301 g/mol. The summed E-state index contributed by atoms with van der Waals surface area (Å²) in [6, 6.07) is 9.51. The topological polar surface area (TPSA) is 49.8 Å². The van der Waals surface area contributed by atoms with Crippen LogP contribution < -0.4 is 4.74 Å². The Morgan fingerprint density at radius 2 is 2.09 bits per heavy atom. The molecule has 1 aliphatic rings. The molecule has 0 aromatic heterocycles. The molecule has 0 radical (unpaired) electrons. The lowest BCUT2D eigenvalue weighted by atomic mass is 10.0. The number of hydrogen-bond donors (Lipinski definition) is 1. The molecule has 0 fully saturated rings. The molecule has 2 aromatic rings. The van der Waals surface area contributed by atoms with E-state index in [0.29, 0.717) is 16.9 Å². The minimum atomic E-state index is -0.550. The smallest absolute Gasteiger partial charge is 0.416 e. The Morgan fingerprint density at radius 3 is 2.86 bits per heavy atom. The van der Waals surface area contributed by atoms with E-state index < -0.39 is 6.09 Å². The maximum Gasteiger partial charge on any atom is 0.416 e. The Labute approximate surface area is 127 Å². The average Bonchev–Trinajstić information content (AvgIpc) is 2.47. The molecule has 114 valence electrons. The zero-order valence-electron chi connectivity index (χ0n) is 12.3. The first kappa shape index (κ1) is 14.4. The number of rotatable bonds is 2. The molecule has 0 saturated heterocycles. The molecule has 1 atom stereocenters. The van der Waals surface area contributed by atoms with Crippen molar-refractivity contribution in [1.82, 2.24) is 4.90 Å². The summed E-state index contributed by atoms with van der Waals surface area (Å²) in [5.74, 6) is 0.0781. The largest absolute Gasteiger partial charge is 0.508 e. The van der Waals surface area contributed by atoms with E-state index >= 15 is 0 Å². The van der Waals surface area contributed by atoms with Crippen molar-refractivity contribution >= 4 is 6.09 Å². The molecule has 0 unspecified atom stereocenters. The summed E-state index contributed by atoms with van der Waals surface area (Å²) in [5.41, 5.74) is 1.78. The molecule has 5 heteroatoms. The number of nitrogens with zero attached hydrogens (tertiary/aromatic N) is 1. The third kappa shape index (κ3) is 2.39. The minimum absolute atomic E-state index is 0.0388. The normalized spacial score (nSPS) is 17.1. The van der Waals surface area contributed by atoms with E-state index in [1.54, 1.807) is 37.3 Å². The van der Waals surface area contributed by atoms with Gasteiger partial charge in [0.2, 0.25) is 0 Å². The van der Waals surface area contributed by atoms with Gasteiger partial charge in [0.25, 0.3) is 0 Å². The second-order valence-corrected chi connectivity index (χ2v) is 5.44. The highest BCUT2D eigenvalue weighted by Crippen LogP contribution is 2.37. The number of phenolic OH excluding ortho intramolecular Hbond substituents is 1. The van der Waals surface area contributed by atoms with Crippen LogP contribution >= 0.6 is 0 Å². The fourth-order valence-electron chi connectivity index (χ4n) is 2.65. The Balaban J connectivity index is 1.93. The number of fused-ring (bicyclic) bond motifs is 1. The Hall–Kier alpha value is -2.56. The standard InChI is InChI=1S/C17H16FNO3/c1-10-4-3-5-12(16(10)18)9-19-11(2)14-7-6-13(20)8-15(14)22-17(19)21/h3-8,11,20H,9H2,1-2H3/t11-/m0/s1. The van der Waals surface area contributed by atoms with Gasteiger partial charge in [-0.1, -0.05) is 18.2 Å². The van der Waals surface area contributed by atoms with Gasteiger partial charge >= 0.3 is 6.09 Å². The second-order valence-electron chi connectivity index (χ2n) is 5.44. The van der Waals surface area contributed by atoms with Crippen LogP contribution in [0.15, 0.2) is 36.4 Å². The van der Waals surface area contributed by atoms with Crippen molar-refractivity contribution in [2.24, 2.45) is 0 Å². The Morgan fingerprint density at radius 1 is 1.32 bits per heavy atom. The number of halogens is 1. The summed E-state index contributed by atoms with van der Waals surface area (Å²) in [6.45, 7) is 3.67. The summed E-state index contributed by atoms with van der Waals surface area (Å²) >= 11 is 0. The quantitative estimate of drug-likeness (QED) is 0.914. The molecule has 4 nitrogen and oxygen atoms in total. The molecular formula is C17H16FNO3. The molecule has 1 aliphatic heterocycles. The highest BCUT2D eigenvalue weighted by Gasteiger charge is 2.32. The fraction of sp³-hybridized carbons (Fsp3) is 0.235. The number of amides is 1. The second kappa shape index (κ2) is 5.33. The van der Waals surface area contributed by atoms with E-state index in [0.717, 1.165) is 5.56 Å². The van der Waals surface area contributed by atoms with Gasteiger partial charge in [-0.25, -0.2) is 9.18 Å². The van der Waals surface area contributed by atoms with Gasteiger partial charge < -0.3 is 9.84 Å². The number of aryl methyl sites for hydroxylation is 1. The first-order chi connectivity index (χ1) is 10.5. The minimum Gasteiger partial charge on any atom is -0.508 e. The van der Waals surface area contributed by atoms with Gasteiger partial charge in [0.1, 0.15) is 17.3 Å². The van der Waals surface area contributed by atoms with Crippen molar-refractivity contribution in [1.29, 1.82) is 0 Å². The summed E-state index contributed by atoms with van der Waals surface area (Å²) in [4.78, 5) is 13.6. The van der Waals surface area contributed by atoms with Crippen molar-refractivity contribution in [3.63, 3.8) is 0 Å². The number of carbonyl (C=O) groups excluding carboxylic acids is 1. The molecule has 0 saturated carbocycles. The van der Waals surface area contributed by atoms with Crippen LogP contribution in [0.4, 0.5) is 9.18 Å². The van der Waals surface area contributed by atoms with E-state index in [1.165, 1.54) is 11.0 Å². The van der Waals surface area contributed by atoms with Crippen LogP contribution in [0.25, 0.3) is 0 Å². The van der Waals surface area contributed by atoms with Crippen molar-refractivity contribution < 1.29 is 19.0 Å². The van der Waals surface area contributed by atoms with Crippen molar-refractivity contribution in [3.8, 4) is 11.5 Å². The summed E-state index contributed by atoms with van der Waals surface area (Å²) in [6.07, 6.45) is -0.550. The first-order valence-electron chi connectivity index (χ1n) is 7.02. The Bertz CT molecular complexity index is 745. The predicted molar refractivity (Wildman–Crippen MR) is 79.2 cm³/mol. The van der Waals surface area contributed by atoms with Gasteiger partial charge in [0, 0.05) is 17.2 Å². The van der Waals surface area contributed by atoms with Crippen molar-refractivity contribution in [2.75, 3.05) is 0 Å². The summed E-state index contributed by atoms with van der Waals surface area (Å²) in [7, 11) is 0. The van der Waals surface area contributed by atoms with Gasteiger partial charge in [0.15, 0.2) is 0 Å². The molecule has 0 spiro atoms. The first-order valence-corrected chi connectivity index (χ1v) is 7.02. The zero-order chi connectivity index (χ0) is 15.9. The molecule has 1 heterocycles. The van der Waals surface area contributed by atoms with Crippen LogP contribution in [-0.4, -0.2) is 16.1 Å². The van der Waals surface area contributed by atoms with Crippen molar-refractivity contribution in [3.05, 3.63) is 58.9 Å². The summed E-state index contributed by atoms with van der Waals surface area (Å²) in [5, 5.41) is 9.47. The lowest BCUT2D eigenvalue weighted by Crippen LogP contribution is -2.39. The molecule has 1 N–H and O–H groups in total. The molecule has 3 rings (SSSR count). The molecule has 2 aromatic carbocycles. The maximum atomic E-state index is 14.1. The van der Waals surface area contributed by atoms with Gasteiger partial charge in [-0.05, 0) is 31.5 Å². The zero-order valence-corrected chi connectivity index (χ0v) is 12.3. The van der Waals surface area contributed by atoms with E-state index in [1.807, 2.05) is 6.92 Å². The fourth-order valence-corrected chi connectivity index (χ4v) is 2.65. The maximum absolute atomic E-state index is 14.1. The highest BCUT2D eigenvalue weighted by molar-refractivity contribution is 5.74. The number of phenols is 1. The molecule has 0 bridgehead atoms. The van der Waals surface area contributed by atoms with Crippen LogP contribution in [0.2, 0.25) is 0 Å². The van der Waals surface area contributed by atoms with Crippen LogP contribution in [0.3, 0.4) is 0 Å². The lowest BCUT2D eigenvalue weighted by molar-refractivity contribution is 0.116. The number of benzene rings is 2. The van der Waals surface area contributed by atoms with Gasteiger partial charge in [-0.2, -0.15) is 0 Å². The number of ether oxygens (including phenoxy) is 1. The SMILES string of the molecule is Cc1cccc(CN2C(=O)Oc3cc(O)ccc3[C@@H]2C)c1F. The number of aromatic hydroxyl groups is 1. The molecule has 0 aliphatic carbocycles. The van der Waals surface area contributed by atoms with Gasteiger partial charge in [-0.15, -0.1) is 0 Å². The van der Waals surface area contributed by atoms with E-state index in [2.05, 4.69) is 0 Å². The highest BCUT2D eigenvalue weighted by atomic mass is 19.1. The molecule has 22 heavy (non-hydrogen) atoms. The molecule has 1 amide bonds. The lowest BCUT2D eigenvalue weighted by Gasteiger charge is -2.34. The van der Waals surface area contributed by atoms with Crippen molar-refractivity contribution in [2.45, 2.75) is 26.4 Å². The summed E-state index contributed by atoms with van der Waals surface area (Å²) < 4.78 is 19.4. The van der Waals surface area contributed by atoms with Crippen LogP contribution in [0.5, 0.6) is 11.5 Å². The Kier molecular flexibility index (Phi) is 3.48. The third-order valence-electron chi connectivity index (χ3n) is 3.96. The van der Waals surface area contributed by atoms with Crippen LogP contribution in [-0.2, 0) is 6.54 Å². The van der Waals surface area contributed by atoms with Crippen LogP contribution in [0.1, 0.15) is 29.7 Å². The van der Waals surface area contributed by atoms with Gasteiger partial charge in [0.05, 0.1) is 12.6 Å². The molecular weight excluding hydrogens is 285 g/mol. The van der Waals surface area contributed by atoms with Gasteiger partial charge in [-0.3, -0.25) is 4.90 Å². The third-order valence-corrected chi connectivity index (χ3v) is 3.96. The van der Waals surface area contributed by atoms with E-state index in [4.69, 9.17) is 4.74 Å².